The number of carbonyl (C=O) groups excluding carboxylic acids is 1. The highest BCUT2D eigenvalue weighted by molar-refractivity contribution is 9.10. The predicted molar refractivity (Wildman–Crippen MR) is 95.2 cm³/mol. The van der Waals surface area contributed by atoms with Gasteiger partial charge in [0.2, 0.25) is 0 Å². The van der Waals surface area contributed by atoms with Crippen LogP contribution in [0.2, 0.25) is 0 Å². The lowest BCUT2D eigenvalue weighted by molar-refractivity contribution is 0.0577. The van der Waals surface area contributed by atoms with E-state index >= 15 is 0 Å². The zero-order chi connectivity index (χ0) is 17.0. The van der Waals surface area contributed by atoms with E-state index < -0.39 is 11.7 Å². The van der Waals surface area contributed by atoms with E-state index in [-0.39, 0.29) is 0 Å². The summed E-state index contributed by atoms with van der Waals surface area (Å²) in [4.78, 5) is 18.4. The van der Waals surface area contributed by atoms with Crippen LogP contribution in [0.15, 0.2) is 34.2 Å². The first-order valence-corrected chi connectivity index (χ1v) is 8.70. The van der Waals surface area contributed by atoms with Crippen LogP contribution < -0.4 is 9.64 Å². The molecular weight excluding hydrogens is 380 g/mol. The lowest BCUT2D eigenvalue weighted by Crippen LogP contribution is -2.36. The summed E-state index contributed by atoms with van der Waals surface area (Å²) >= 11 is 4.70. The van der Waals surface area contributed by atoms with Crippen LogP contribution in [0.3, 0.4) is 0 Å². The standard InChI is InChI=1S/C16H19BrN2O3S/c1-16(2,3)22-15(20)19(14-18-13(17)10-23-14)9-11-5-7-12(21-4)8-6-11/h5-8,10H,9H2,1-4H3. The van der Waals surface area contributed by atoms with Gasteiger partial charge in [0, 0.05) is 5.38 Å². The maximum absolute atomic E-state index is 12.5. The van der Waals surface area contributed by atoms with Gasteiger partial charge in [0.15, 0.2) is 5.13 Å². The molecule has 0 bridgehead atoms. The number of hydrogen-bond donors (Lipinski definition) is 0. The van der Waals surface area contributed by atoms with Crippen LogP contribution in [-0.4, -0.2) is 23.8 Å². The molecule has 1 heterocycles. The molecule has 0 atom stereocenters. The van der Waals surface area contributed by atoms with Crippen molar-refractivity contribution in [3.05, 3.63) is 39.8 Å². The molecule has 2 rings (SSSR count). The number of halogens is 1. The van der Waals surface area contributed by atoms with E-state index in [1.54, 1.807) is 7.11 Å². The number of thiazole rings is 1. The number of carbonyl (C=O) groups is 1. The summed E-state index contributed by atoms with van der Waals surface area (Å²) in [5, 5.41) is 2.42. The van der Waals surface area contributed by atoms with Crippen molar-refractivity contribution in [3.63, 3.8) is 0 Å². The molecule has 0 aliphatic rings. The molecule has 1 amide bonds. The third-order valence-electron chi connectivity index (χ3n) is 2.81. The fourth-order valence-corrected chi connectivity index (χ4v) is 3.05. The Labute approximate surface area is 148 Å². The summed E-state index contributed by atoms with van der Waals surface area (Å²) < 4.78 is 11.3. The van der Waals surface area contributed by atoms with Gasteiger partial charge >= 0.3 is 6.09 Å². The fourth-order valence-electron chi connectivity index (χ4n) is 1.81. The van der Waals surface area contributed by atoms with E-state index in [9.17, 15) is 4.79 Å². The molecule has 0 fully saturated rings. The first kappa shape index (κ1) is 17.7. The van der Waals surface area contributed by atoms with Crippen LogP contribution >= 0.6 is 27.3 Å². The summed E-state index contributed by atoms with van der Waals surface area (Å²) in [6.45, 7) is 5.90. The summed E-state index contributed by atoms with van der Waals surface area (Å²) in [5.74, 6) is 0.773. The summed E-state index contributed by atoms with van der Waals surface area (Å²) in [5.41, 5.74) is 0.395. The molecule has 5 nitrogen and oxygen atoms in total. The molecule has 0 N–H and O–H groups in total. The summed E-state index contributed by atoms with van der Waals surface area (Å²) in [6, 6.07) is 7.55. The molecule has 0 unspecified atom stereocenters. The van der Waals surface area contributed by atoms with Crippen molar-refractivity contribution in [2.45, 2.75) is 32.9 Å². The minimum absolute atomic E-state index is 0.374. The highest BCUT2D eigenvalue weighted by Gasteiger charge is 2.25. The number of nitrogens with zero attached hydrogens (tertiary/aromatic N) is 2. The number of methoxy groups -OCH3 is 1. The van der Waals surface area contributed by atoms with E-state index in [0.717, 1.165) is 11.3 Å². The van der Waals surface area contributed by atoms with Gasteiger partial charge in [-0.05, 0) is 54.4 Å². The van der Waals surface area contributed by atoms with Crippen LogP contribution in [0.1, 0.15) is 26.3 Å². The van der Waals surface area contributed by atoms with E-state index in [4.69, 9.17) is 9.47 Å². The average molecular weight is 399 g/mol. The molecule has 2 aromatic rings. The summed E-state index contributed by atoms with van der Waals surface area (Å²) in [7, 11) is 1.62. The fraction of sp³-hybridized carbons (Fsp3) is 0.375. The van der Waals surface area contributed by atoms with Crippen LogP contribution in [0, 0.1) is 0 Å². The SMILES string of the molecule is COc1ccc(CN(C(=O)OC(C)(C)C)c2nc(Br)cs2)cc1. The summed E-state index contributed by atoms with van der Waals surface area (Å²) in [6.07, 6.45) is -0.421. The van der Waals surface area contributed by atoms with Crippen LogP contribution in [0.5, 0.6) is 5.75 Å². The van der Waals surface area contributed by atoms with Crippen molar-refractivity contribution in [2.75, 3.05) is 12.0 Å². The maximum Gasteiger partial charge on any atom is 0.416 e. The van der Waals surface area contributed by atoms with Gasteiger partial charge < -0.3 is 9.47 Å². The lowest BCUT2D eigenvalue weighted by atomic mass is 10.2. The molecule has 124 valence electrons. The number of aromatic nitrogens is 1. The molecular formula is C16H19BrN2O3S. The van der Waals surface area contributed by atoms with Crippen LogP contribution in [-0.2, 0) is 11.3 Å². The Morgan fingerprint density at radius 1 is 1.30 bits per heavy atom. The molecule has 0 aliphatic carbocycles. The van der Waals surface area contributed by atoms with Crippen molar-refractivity contribution >= 4 is 38.5 Å². The van der Waals surface area contributed by atoms with Crippen molar-refractivity contribution in [2.24, 2.45) is 0 Å². The predicted octanol–water partition coefficient (Wildman–Crippen LogP) is 4.86. The van der Waals surface area contributed by atoms with Gasteiger partial charge in [-0.15, -0.1) is 11.3 Å². The minimum atomic E-state index is -0.566. The number of benzene rings is 1. The molecule has 0 radical (unpaired) electrons. The van der Waals surface area contributed by atoms with E-state index in [2.05, 4.69) is 20.9 Å². The van der Waals surface area contributed by atoms with Crippen molar-refractivity contribution < 1.29 is 14.3 Å². The van der Waals surface area contributed by atoms with Gasteiger partial charge in [0.1, 0.15) is 16.0 Å². The lowest BCUT2D eigenvalue weighted by Gasteiger charge is -2.25. The normalized spacial score (nSPS) is 11.2. The Bertz CT molecular complexity index is 665. The monoisotopic (exact) mass is 398 g/mol. The van der Waals surface area contributed by atoms with Crippen molar-refractivity contribution in [1.82, 2.24) is 4.98 Å². The van der Waals surface area contributed by atoms with Crippen molar-refractivity contribution in [1.29, 1.82) is 0 Å². The Kier molecular flexibility index (Phi) is 5.64. The van der Waals surface area contributed by atoms with Crippen LogP contribution in [0.4, 0.5) is 9.93 Å². The highest BCUT2D eigenvalue weighted by atomic mass is 79.9. The van der Waals surface area contributed by atoms with Gasteiger partial charge in [-0.2, -0.15) is 0 Å². The van der Waals surface area contributed by atoms with Gasteiger partial charge in [0.05, 0.1) is 13.7 Å². The first-order chi connectivity index (χ1) is 10.8. The molecule has 0 saturated carbocycles. The smallest absolute Gasteiger partial charge is 0.416 e. The average Bonchev–Trinajstić information content (AvgIpc) is 2.89. The highest BCUT2D eigenvalue weighted by Crippen LogP contribution is 2.27. The number of hydrogen-bond acceptors (Lipinski definition) is 5. The number of anilines is 1. The third kappa shape index (κ3) is 5.21. The van der Waals surface area contributed by atoms with E-state index in [1.807, 2.05) is 50.4 Å². The molecule has 0 aliphatic heterocycles. The zero-order valence-electron chi connectivity index (χ0n) is 13.5. The molecule has 1 aromatic heterocycles. The Balaban J connectivity index is 2.23. The van der Waals surface area contributed by atoms with E-state index in [1.165, 1.54) is 16.2 Å². The van der Waals surface area contributed by atoms with Crippen molar-refractivity contribution in [3.8, 4) is 5.75 Å². The van der Waals surface area contributed by atoms with Gasteiger partial charge in [0.25, 0.3) is 0 Å². The minimum Gasteiger partial charge on any atom is -0.497 e. The molecule has 7 heteroatoms. The Hall–Kier alpha value is -1.60. The maximum atomic E-state index is 12.5. The largest absolute Gasteiger partial charge is 0.497 e. The number of amides is 1. The van der Waals surface area contributed by atoms with Gasteiger partial charge in [-0.1, -0.05) is 12.1 Å². The molecule has 1 aromatic carbocycles. The molecule has 0 saturated heterocycles. The number of rotatable bonds is 4. The Morgan fingerprint density at radius 3 is 2.43 bits per heavy atom. The molecule has 0 spiro atoms. The quantitative estimate of drug-likeness (QED) is 0.737. The second-order valence-electron chi connectivity index (χ2n) is 5.87. The van der Waals surface area contributed by atoms with E-state index in [0.29, 0.717) is 16.3 Å². The second-order valence-corrected chi connectivity index (χ2v) is 7.52. The third-order valence-corrected chi connectivity index (χ3v) is 4.38. The Morgan fingerprint density at radius 2 is 1.96 bits per heavy atom. The first-order valence-electron chi connectivity index (χ1n) is 7.03. The topological polar surface area (TPSA) is 51.7 Å². The zero-order valence-corrected chi connectivity index (χ0v) is 15.9. The number of ether oxygens (including phenoxy) is 2. The van der Waals surface area contributed by atoms with Gasteiger partial charge in [-0.25, -0.2) is 14.7 Å². The second kappa shape index (κ2) is 7.31. The van der Waals surface area contributed by atoms with Crippen LogP contribution in [0.25, 0.3) is 0 Å². The molecule has 23 heavy (non-hydrogen) atoms. The van der Waals surface area contributed by atoms with Gasteiger partial charge in [-0.3, -0.25) is 0 Å².